The van der Waals surface area contributed by atoms with Gasteiger partial charge in [0.1, 0.15) is 5.82 Å². The first-order valence-electron chi connectivity index (χ1n) is 7.21. The van der Waals surface area contributed by atoms with E-state index in [2.05, 4.69) is 5.32 Å². The SMILES string of the molecule is C[C@H](NC(=O)CC1(C(=O)O)CCCC1)c1ccc(F)cc1. The Balaban J connectivity index is 1.97. The largest absolute Gasteiger partial charge is 0.481 e. The summed E-state index contributed by atoms with van der Waals surface area (Å²) in [6.45, 7) is 1.80. The Bertz CT molecular complexity index is 521. The van der Waals surface area contributed by atoms with Gasteiger partial charge in [0, 0.05) is 6.42 Å². The zero-order valence-electron chi connectivity index (χ0n) is 12.1. The molecular formula is C16H20FNO3. The van der Waals surface area contributed by atoms with Crippen LogP contribution in [0.4, 0.5) is 4.39 Å². The molecule has 1 aliphatic rings. The normalized spacial score (nSPS) is 18.2. The molecule has 0 spiro atoms. The predicted octanol–water partition coefficient (Wildman–Crippen LogP) is 3.04. The topological polar surface area (TPSA) is 66.4 Å². The van der Waals surface area contributed by atoms with E-state index in [1.54, 1.807) is 19.1 Å². The van der Waals surface area contributed by atoms with Crippen molar-refractivity contribution in [3.05, 3.63) is 35.6 Å². The van der Waals surface area contributed by atoms with Crippen molar-refractivity contribution in [3.8, 4) is 0 Å². The van der Waals surface area contributed by atoms with Crippen molar-refractivity contribution in [1.82, 2.24) is 5.32 Å². The minimum atomic E-state index is -0.910. The predicted molar refractivity (Wildman–Crippen MR) is 76.1 cm³/mol. The number of amides is 1. The first kappa shape index (κ1) is 15.5. The van der Waals surface area contributed by atoms with Gasteiger partial charge in [-0.1, -0.05) is 25.0 Å². The molecule has 1 aromatic rings. The van der Waals surface area contributed by atoms with Gasteiger partial charge in [-0.15, -0.1) is 0 Å². The molecule has 0 aliphatic heterocycles. The summed E-state index contributed by atoms with van der Waals surface area (Å²) in [5.74, 6) is -1.48. The maximum absolute atomic E-state index is 12.9. The molecule has 0 radical (unpaired) electrons. The Kier molecular flexibility index (Phi) is 4.60. The molecule has 0 heterocycles. The molecule has 21 heavy (non-hydrogen) atoms. The molecule has 1 saturated carbocycles. The number of aliphatic carboxylic acids is 1. The highest BCUT2D eigenvalue weighted by Gasteiger charge is 2.43. The number of halogens is 1. The second kappa shape index (κ2) is 6.24. The van der Waals surface area contributed by atoms with E-state index in [0.717, 1.165) is 18.4 Å². The minimum absolute atomic E-state index is 0.00781. The highest BCUT2D eigenvalue weighted by atomic mass is 19.1. The number of carbonyl (C=O) groups is 2. The van der Waals surface area contributed by atoms with Crippen LogP contribution in [0.25, 0.3) is 0 Å². The summed E-state index contributed by atoms with van der Waals surface area (Å²) in [6, 6.07) is 5.64. The molecule has 1 aliphatic carbocycles. The molecule has 0 saturated heterocycles. The third-order valence-electron chi connectivity index (χ3n) is 4.26. The fourth-order valence-electron chi connectivity index (χ4n) is 2.95. The second-order valence-corrected chi connectivity index (χ2v) is 5.81. The Morgan fingerprint density at radius 1 is 1.29 bits per heavy atom. The lowest BCUT2D eigenvalue weighted by molar-refractivity contribution is -0.151. The highest BCUT2D eigenvalue weighted by molar-refractivity contribution is 5.85. The number of rotatable bonds is 5. The van der Waals surface area contributed by atoms with E-state index in [0.29, 0.717) is 12.8 Å². The van der Waals surface area contributed by atoms with Gasteiger partial charge in [-0.25, -0.2) is 4.39 Å². The van der Waals surface area contributed by atoms with Crippen LogP contribution in [0.15, 0.2) is 24.3 Å². The van der Waals surface area contributed by atoms with Crippen molar-refractivity contribution in [3.63, 3.8) is 0 Å². The van der Waals surface area contributed by atoms with Gasteiger partial charge in [-0.3, -0.25) is 9.59 Å². The van der Waals surface area contributed by atoms with E-state index in [9.17, 15) is 19.1 Å². The van der Waals surface area contributed by atoms with Gasteiger partial charge in [0.15, 0.2) is 0 Å². The molecule has 1 atom stereocenters. The smallest absolute Gasteiger partial charge is 0.310 e. The Hall–Kier alpha value is -1.91. The second-order valence-electron chi connectivity index (χ2n) is 5.81. The summed E-state index contributed by atoms with van der Waals surface area (Å²) in [6.07, 6.45) is 2.83. The van der Waals surface area contributed by atoms with Crippen molar-refractivity contribution in [2.24, 2.45) is 5.41 Å². The van der Waals surface area contributed by atoms with Crippen LogP contribution in [-0.2, 0) is 9.59 Å². The fraction of sp³-hybridized carbons (Fsp3) is 0.500. The van der Waals surface area contributed by atoms with E-state index in [1.165, 1.54) is 12.1 Å². The number of nitrogens with one attached hydrogen (secondary N) is 1. The average molecular weight is 293 g/mol. The molecule has 1 aromatic carbocycles. The molecule has 5 heteroatoms. The molecule has 0 unspecified atom stereocenters. The van der Waals surface area contributed by atoms with Crippen LogP contribution < -0.4 is 5.32 Å². The van der Waals surface area contributed by atoms with Gasteiger partial charge >= 0.3 is 5.97 Å². The van der Waals surface area contributed by atoms with Crippen LogP contribution >= 0.6 is 0 Å². The molecule has 4 nitrogen and oxygen atoms in total. The Labute approximate surface area is 123 Å². The van der Waals surface area contributed by atoms with Crippen LogP contribution in [0.1, 0.15) is 50.6 Å². The Morgan fingerprint density at radius 2 is 1.86 bits per heavy atom. The van der Waals surface area contributed by atoms with Gasteiger partial charge in [0.05, 0.1) is 11.5 Å². The molecule has 1 amide bonds. The number of hydrogen-bond acceptors (Lipinski definition) is 2. The summed E-state index contributed by atoms with van der Waals surface area (Å²) >= 11 is 0. The molecule has 2 N–H and O–H groups in total. The van der Waals surface area contributed by atoms with Crippen molar-refractivity contribution in [2.75, 3.05) is 0 Å². The molecule has 114 valence electrons. The van der Waals surface area contributed by atoms with Crippen molar-refractivity contribution < 1.29 is 19.1 Å². The zero-order valence-corrected chi connectivity index (χ0v) is 12.1. The van der Waals surface area contributed by atoms with E-state index in [4.69, 9.17) is 0 Å². The minimum Gasteiger partial charge on any atom is -0.481 e. The third kappa shape index (κ3) is 3.60. The van der Waals surface area contributed by atoms with E-state index in [-0.39, 0.29) is 24.2 Å². The first-order chi connectivity index (χ1) is 9.93. The van der Waals surface area contributed by atoms with Crippen LogP contribution in [0, 0.1) is 11.2 Å². The van der Waals surface area contributed by atoms with Crippen LogP contribution in [0.2, 0.25) is 0 Å². The average Bonchev–Trinajstić information content (AvgIpc) is 2.89. The maximum atomic E-state index is 12.9. The molecule has 2 rings (SSSR count). The summed E-state index contributed by atoms with van der Waals surface area (Å²) in [4.78, 5) is 23.5. The summed E-state index contributed by atoms with van der Waals surface area (Å²) in [5.41, 5.74) is -0.118. The van der Waals surface area contributed by atoms with Crippen LogP contribution in [0.3, 0.4) is 0 Å². The number of carbonyl (C=O) groups excluding carboxylic acids is 1. The maximum Gasteiger partial charge on any atom is 0.310 e. The zero-order chi connectivity index (χ0) is 15.5. The van der Waals surface area contributed by atoms with Crippen LogP contribution in [-0.4, -0.2) is 17.0 Å². The first-order valence-corrected chi connectivity index (χ1v) is 7.21. The van der Waals surface area contributed by atoms with Gasteiger partial charge in [-0.2, -0.15) is 0 Å². The monoisotopic (exact) mass is 293 g/mol. The molecule has 0 bridgehead atoms. The molecule has 1 fully saturated rings. The van der Waals surface area contributed by atoms with Gasteiger partial charge < -0.3 is 10.4 Å². The quantitative estimate of drug-likeness (QED) is 0.877. The highest BCUT2D eigenvalue weighted by Crippen LogP contribution is 2.41. The van der Waals surface area contributed by atoms with Crippen LogP contribution in [0.5, 0.6) is 0 Å². The molecular weight excluding hydrogens is 273 g/mol. The van der Waals surface area contributed by atoms with Gasteiger partial charge in [-0.05, 0) is 37.5 Å². The Morgan fingerprint density at radius 3 is 2.38 bits per heavy atom. The van der Waals surface area contributed by atoms with E-state index < -0.39 is 11.4 Å². The number of hydrogen-bond donors (Lipinski definition) is 2. The number of benzene rings is 1. The standard InChI is InChI=1S/C16H20FNO3/c1-11(12-4-6-13(17)7-5-12)18-14(19)10-16(15(20)21)8-2-3-9-16/h4-7,11H,2-3,8-10H2,1H3,(H,18,19)(H,20,21)/t11-/m0/s1. The fourth-order valence-corrected chi connectivity index (χ4v) is 2.95. The lowest BCUT2D eigenvalue weighted by Crippen LogP contribution is -2.36. The lowest BCUT2D eigenvalue weighted by Gasteiger charge is -2.24. The lowest BCUT2D eigenvalue weighted by atomic mass is 9.82. The summed E-state index contributed by atoms with van der Waals surface area (Å²) in [7, 11) is 0. The molecule has 0 aromatic heterocycles. The van der Waals surface area contributed by atoms with Crippen molar-refractivity contribution >= 4 is 11.9 Å². The van der Waals surface area contributed by atoms with Crippen molar-refractivity contribution in [1.29, 1.82) is 0 Å². The van der Waals surface area contributed by atoms with E-state index in [1.807, 2.05) is 0 Å². The summed E-state index contributed by atoms with van der Waals surface area (Å²) in [5, 5.41) is 12.2. The number of carboxylic acid groups (broad SMARTS) is 1. The third-order valence-corrected chi connectivity index (χ3v) is 4.26. The van der Waals surface area contributed by atoms with Crippen molar-refractivity contribution in [2.45, 2.75) is 45.1 Å². The van der Waals surface area contributed by atoms with Gasteiger partial charge in [0.25, 0.3) is 0 Å². The summed E-state index contributed by atoms with van der Waals surface area (Å²) < 4.78 is 12.9. The van der Waals surface area contributed by atoms with E-state index >= 15 is 0 Å². The van der Waals surface area contributed by atoms with Gasteiger partial charge in [0.2, 0.25) is 5.91 Å². The number of carboxylic acids is 1.